The Bertz CT molecular complexity index is 714. The molecule has 5 atom stereocenters. The molecular weight excluding hydrogens is 418 g/mol. The molecule has 0 aliphatic carbocycles. The third-order valence-corrected chi connectivity index (χ3v) is 7.25. The van der Waals surface area contributed by atoms with Crippen LogP contribution in [0.15, 0.2) is 0 Å². The normalized spacial score (nSPS) is 34.1. The molecule has 0 saturated carbocycles. The average molecular weight is 454 g/mol. The van der Waals surface area contributed by atoms with E-state index in [0.717, 1.165) is 13.1 Å². The van der Waals surface area contributed by atoms with Crippen molar-refractivity contribution < 1.29 is 33.7 Å². The van der Waals surface area contributed by atoms with E-state index >= 15 is 0 Å². The van der Waals surface area contributed by atoms with Gasteiger partial charge in [0.2, 0.25) is 11.8 Å². The second-order valence-corrected chi connectivity index (χ2v) is 9.02. The number of fused-ring (bicyclic) bond motifs is 1. The Morgan fingerprint density at radius 1 is 1.25 bits per heavy atom. The van der Waals surface area contributed by atoms with E-state index < -0.39 is 29.4 Å². The van der Waals surface area contributed by atoms with Crippen LogP contribution in [-0.4, -0.2) is 110 Å². The van der Waals surface area contributed by atoms with E-state index in [-0.39, 0.29) is 31.1 Å². The number of morpholine rings is 1. The topological polar surface area (TPSA) is 118 Å². The SMILES string of the molecule is CCOC(=O)[C@@H]1[C@@H]2CC[C@]3(O2)[C@H](C(=O)NCCN2CCOCC2)N(CCCCO)C(=O)[C@@H]13. The van der Waals surface area contributed by atoms with Gasteiger partial charge in [0.05, 0.1) is 37.8 Å². The van der Waals surface area contributed by atoms with Crippen molar-refractivity contribution in [3.05, 3.63) is 0 Å². The van der Waals surface area contributed by atoms with Crippen molar-refractivity contribution in [1.29, 1.82) is 0 Å². The molecule has 4 rings (SSSR count). The number of likely N-dealkylation sites (tertiary alicyclic amines) is 1. The van der Waals surface area contributed by atoms with Crippen LogP contribution in [0.5, 0.6) is 0 Å². The molecule has 0 aromatic carbocycles. The zero-order valence-electron chi connectivity index (χ0n) is 18.8. The van der Waals surface area contributed by atoms with Gasteiger partial charge < -0.3 is 29.5 Å². The van der Waals surface area contributed by atoms with Gasteiger partial charge in [-0.15, -0.1) is 0 Å². The predicted molar refractivity (Wildman–Crippen MR) is 113 cm³/mol. The molecule has 0 aromatic heterocycles. The number of unbranched alkanes of at least 4 members (excludes halogenated alkanes) is 1. The lowest BCUT2D eigenvalue weighted by atomic mass is 9.71. The number of esters is 1. The molecule has 4 fully saturated rings. The zero-order chi connectivity index (χ0) is 22.7. The molecule has 1 spiro atoms. The highest BCUT2D eigenvalue weighted by atomic mass is 16.6. The van der Waals surface area contributed by atoms with Crippen LogP contribution in [-0.2, 0) is 28.6 Å². The molecule has 2 amide bonds. The summed E-state index contributed by atoms with van der Waals surface area (Å²) >= 11 is 0. The first kappa shape index (κ1) is 23.4. The highest BCUT2D eigenvalue weighted by Gasteiger charge is 2.74. The van der Waals surface area contributed by atoms with Crippen molar-refractivity contribution in [2.45, 2.75) is 50.4 Å². The molecule has 10 heteroatoms. The number of ether oxygens (including phenoxy) is 3. The van der Waals surface area contributed by atoms with Crippen LogP contribution in [0.3, 0.4) is 0 Å². The second-order valence-electron chi connectivity index (χ2n) is 9.02. The fourth-order valence-electron chi connectivity index (χ4n) is 5.85. The Balaban J connectivity index is 1.50. The van der Waals surface area contributed by atoms with Crippen LogP contribution in [0.1, 0.15) is 32.6 Å². The number of nitrogens with one attached hydrogen (secondary N) is 1. The third-order valence-electron chi connectivity index (χ3n) is 7.25. The number of aliphatic hydroxyl groups is 1. The fraction of sp³-hybridized carbons (Fsp3) is 0.864. The van der Waals surface area contributed by atoms with Gasteiger partial charge in [0.25, 0.3) is 0 Å². The number of nitrogens with zero attached hydrogens (tertiary/aromatic N) is 2. The molecule has 0 aromatic rings. The predicted octanol–water partition coefficient (Wildman–Crippen LogP) is -0.855. The van der Waals surface area contributed by atoms with Crippen LogP contribution in [0.4, 0.5) is 0 Å². The average Bonchev–Trinajstić information content (AvgIpc) is 3.42. The Labute approximate surface area is 188 Å². The maximum Gasteiger partial charge on any atom is 0.312 e. The van der Waals surface area contributed by atoms with E-state index in [1.54, 1.807) is 11.8 Å². The first-order valence-electron chi connectivity index (χ1n) is 11.9. The van der Waals surface area contributed by atoms with Gasteiger partial charge in [-0.05, 0) is 32.6 Å². The fourth-order valence-corrected chi connectivity index (χ4v) is 5.85. The molecule has 0 radical (unpaired) electrons. The Morgan fingerprint density at radius 3 is 2.75 bits per heavy atom. The Morgan fingerprint density at radius 2 is 2.03 bits per heavy atom. The molecule has 2 N–H and O–H groups in total. The highest BCUT2D eigenvalue weighted by molar-refractivity contribution is 5.98. The quantitative estimate of drug-likeness (QED) is 0.324. The van der Waals surface area contributed by atoms with Gasteiger partial charge in [0.1, 0.15) is 11.6 Å². The number of carbonyl (C=O) groups excluding carboxylic acids is 3. The van der Waals surface area contributed by atoms with Gasteiger partial charge in [-0.25, -0.2) is 0 Å². The lowest BCUT2D eigenvalue weighted by Crippen LogP contribution is -2.56. The van der Waals surface area contributed by atoms with Crippen LogP contribution in [0.25, 0.3) is 0 Å². The molecule has 4 aliphatic rings. The largest absolute Gasteiger partial charge is 0.466 e. The van der Waals surface area contributed by atoms with Gasteiger partial charge >= 0.3 is 5.97 Å². The summed E-state index contributed by atoms with van der Waals surface area (Å²) in [4.78, 5) is 43.4. The maximum atomic E-state index is 13.5. The number of aliphatic hydroxyl groups excluding tert-OH is 1. The second kappa shape index (κ2) is 10.0. The summed E-state index contributed by atoms with van der Waals surface area (Å²) in [5.41, 5.74) is -0.985. The van der Waals surface area contributed by atoms with Crippen LogP contribution < -0.4 is 5.32 Å². The van der Waals surface area contributed by atoms with E-state index in [4.69, 9.17) is 14.2 Å². The summed E-state index contributed by atoms with van der Waals surface area (Å²) in [5, 5.41) is 12.2. The summed E-state index contributed by atoms with van der Waals surface area (Å²) in [7, 11) is 0. The summed E-state index contributed by atoms with van der Waals surface area (Å²) in [5.74, 6) is -2.21. The van der Waals surface area contributed by atoms with Crippen molar-refractivity contribution >= 4 is 17.8 Å². The van der Waals surface area contributed by atoms with Gasteiger partial charge in [0.15, 0.2) is 0 Å². The lowest BCUT2D eigenvalue weighted by Gasteiger charge is -2.33. The molecule has 32 heavy (non-hydrogen) atoms. The molecule has 10 nitrogen and oxygen atoms in total. The number of carbonyl (C=O) groups is 3. The first-order chi connectivity index (χ1) is 15.5. The summed E-state index contributed by atoms with van der Waals surface area (Å²) in [6.07, 6.45) is 1.94. The maximum absolute atomic E-state index is 13.5. The Hall–Kier alpha value is -1.75. The highest BCUT2D eigenvalue weighted by Crippen LogP contribution is 2.58. The molecule has 4 heterocycles. The van der Waals surface area contributed by atoms with E-state index in [2.05, 4.69) is 10.2 Å². The minimum absolute atomic E-state index is 0.0248. The van der Waals surface area contributed by atoms with Crippen molar-refractivity contribution in [3.8, 4) is 0 Å². The summed E-state index contributed by atoms with van der Waals surface area (Å²) < 4.78 is 16.9. The third kappa shape index (κ3) is 4.13. The molecule has 180 valence electrons. The number of rotatable bonds is 10. The molecular formula is C22H35N3O7. The number of hydrogen-bond donors (Lipinski definition) is 2. The summed E-state index contributed by atoms with van der Waals surface area (Å²) in [6, 6.07) is -0.771. The zero-order valence-corrected chi connectivity index (χ0v) is 18.8. The summed E-state index contributed by atoms with van der Waals surface area (Å²) in [6.45, 7) is 6.60. The van der Waals surface area contributed by atoms with Crippen LogP contribution in [0.2, 0.25) is 0 Å². The smallest absolute Gasteiger partial charge is 0.312 e. The van der Waals surface area contributed by atoms with E-state index in [1.807, 2.05) is 0 Å². The van der Waals surface area contributed by atoms with Crippen molar-refractivity contribution in [2.75, 3.05) is 59.2 Å². The number of amides is 2. The molecule has 2 bridgehead atoms. The van der Waals surface area contributed by atoms with Crippen LogP contribution in [0, 0.1) is 11.8 Å². The van der Waals surface area contributed by atoms with Gasteiger partial charge in [0, 0.05) is 39.3 Å². The minimum atomic E-state index is -0.985. The van der Waals surface area contributed by atoms with Gasteiger partial charge in [-0.1, -0.05) is 0 Å². The van der Waals surface area contributed by atoms with Gasteiger partial charge in [-0.3, -0.25) is 19.3 Å². The molecule has 4 saturated heterocycles. The molecule has 0 unspecified atom stereocenters. The van der Waals surface area contributed by atoms with E-state index in [0.29, 0.717) is 58.5 Å². The van der Waals surface area contributed by atoms with Crippen molar-refractivity contribution in [2.24, 2.45) is 11.8 Å². The first-order valence-corrected chi connectivity index (χ1v) is 11.9. The van der Waals surface area contributed by atoms with Crippen LogP contribution >= 0.6 is 0 Å². The molecule has 4 aliphatic heterocycles. The Kier molecular flexibility index (Phi) is 7.34. The lowest BCUT2D eigenvalue weighted by molar-refractivity contribution is -0.154. The standard InChI is InChI=1S/C22H35N3O7/c1-2-31-21(29)16-15-5-6-22(32-15)17(16)20(28)25(8-3-4-12-26)18(22)19(27)23-7-9-24-10-13-30-14-11-24/h15-18,26H,2-14H2,1H3,(H,23,27)/t15-,16+,17+,18-,22+/m0/s1. The number of hydrogen-bond acceptors (Lipinski definition) is 8. The van der Waals surface area contributed by atoms with Crippen molar-refractivity contribution in [1.82, 2.24) is 15.1 Å². The van der Waals surface area contributed by atoms with E-state index in [9.17, 15) is 19.5 Å². The van der Waals surface area contributed by atoms with E-state index in [1.165, 1.54) is 0 Å². The van der Waals surface area contributed by atoms with Crippen molar-refractivity contribution in [3.63, 3.8) is 0 Å². The monoisotopic (exact) mass is 453 g/mol. The minimum Gasteiger partial charge on any atom is -0.466 e. The van der Waals surface area contributed by atoms with Gasteiger partial charge in [-0.2, -0.15) is 0 Å².